The van der Waals surface area contributed by atoms with Gasteiger partial charge in [0, 0.05) is 18.4 Å². The lowest BCUT2D eigenvalue weighted by Crippen LogP contribution is -2.03. The molecule has 0 atom stereocenters. The van der Waals surface area contributed by atoms with Gasteiger partial charge in [-0.05, 0) is 25.1 Å². The van der Waals surface area contributed by atoms with Crippen LogP contribution in [0, 0.1) is 5.82 Å². The highest BCUT2D eigenvalue weighted by atomic mass is 35.5. The number of anilines is 2. The van der Waals surface area contributed by atoms with Crippen molar-refractivity contribution in [2.24, 2.45) is 0 Å². The van der Waals surface area contributed by atoms with Crippen LogP contribution in [0.25, 0.3) is 0 Å². The Hall–Kier alpha value is -1.72. The van der Waals surface area contributed by atoms with Crippen LogP contribution in [0.15, 0.2) is 30.3 Å². The molecule has 2 rings (SSSR count). The van der Waals surface area contributed by atoms with Gasteiger partial charge in [-0.25, -0.2) is 14.4 Å². The van der Waals surface area contributed by atoms with E-state index in [-0.39, 0.29) is 12.4 Å². The van der Waals surface area contributed by atoms with Crippen molar-refractivity contribution < 1.29 is 9.13 Å². The number of rotatable bonds is 5. The van der Waals surface area contributed by atoms with E-state index < -0.39 is 0 Å². The second kappa shape index (κ2) is 6.45. The Balaban J connectivity index is 2.17. The molecular formula is C13H13ClFN3O. The molecule has 1 N–H and O–H groups in total. The smallest absolute Gasteiger partial charge is 0.158 e. The van der Waals surface area contributed by atoms with Gasteiger partial charge in [0.2, 0.25) is 0 Å². The number of hydrogen-bond donors (Lipinski definition) is 1. The Labute approximate surface area is 115 Å². The summed E-state index contributed by atoms with van der Waals surface area (Å²) in [6.45, 7) is 2.74. The van der Waals surface area contributed by atoms with Gasteiger partial charge in [0.15, 0.2) is 5.82 Å². The van der Waals surface area contributed by atoms with Gasteiger partial charge >= 0.3 is 0 Å². The average Bonchev–Trinajstić information content (AvgIpc) is 2.35. The van der Waals surface area contributed by atoms with E-state index in [1.807, 2.05) is 6.92 Å². The first-order valence-electron chi connectivity index (χ1n) is 5.81. The molecule has 0 spiro atoms. The van der Waals surface area contributed by atoms with E-state index in [1.54, 1.807) is 18.2 Å². The summed E-state index contributed by atoms with van der Waals surface area (Å²) in [4.78, 5) is 8.29. The number of ether oxygens (including phenoxy) is 1. The molecule has 0 aliphatic heterocycles. The number of benzene rings is 1. The molecule has 1 aromatic heterocycles. The first kappa shape index (κ1) is 13.7. The molecule has 2 aromatic rings. The van der Waals surface area contributed by atoms with Crippen LogP contribution in [0.3, 0.4) is 0 Å². The zero-order chi connectivity index (χ0) is 13.7. The lowest BCUT2D eigenvalue weighted by molar-refractivity contribution is 0.128. The molecule has 4 nitrogen and oxygen atoms in total. The molecule has 0 unspecified atom stereocenters. The third-order valence-electron chi connectivity index (χ3n) is 2.27. The quantitative estimate of drug-likeness (QED) is 0.852. The third-order valence-corrected chi connectivity index (χ3v) is 2.47. The first-order valence-corrected chi connectivity index (χ1v) is 6.19. The van der Waals surface area contributed by atoms with E-state index in [0.29, 0.717) is 29.1 Å². The maximum absolute atomic E-state index is 13.1. The number of aromatic nitrogens is 2. The van der Waals surface area contributed by atoms with E-state index in [4.69, 9.17) is 16.3 Å². The van der Waals surface area contributed by atoms with Gasteiger partial charge in [0.25, 0.3) is 0 Å². The maximum atomic E-state index is 13.1. The first-order chi connectivity index (χ1) is 9.17. The minimum atomic E-state index is -0.320. The summed E-state index contributed by atoms with van der Waals surface area (Å²) in [5.74, 6) is 0.660. The van der Waals surface area contributed by atoms with Gasteiger partial charge < -0.3 is 10.1 Å². The SMILES string of the molecule is CCOCc1nc(Cl)cc(Nc2cccc(F)c2)n1. The summed E-state index contributed by atoms with van der Waals surface area (Å²) in [6.07, 6.45) is 0. The maximum Gasteiger partial charge on any atom is 0.158 e. The molecule has 0 radical (unpaired) electrons. The van der Waals surface area contributed by atoms with Crippen molar-refractivity contribution in [2.75, 3.05) is 11.9 Å². The molecular weight excluding hydrogens is 269 g/mol. The van der Waals surface area contributed by atoms with E-state index in [2.05, 4.69) is 15.3 Å². The minimum Gasteiger partial charge on any atom is -0.374 e. The van der Waals surface area contributed by atoms with E-state index >= 15 is 0 Å². The van der Waals surface area contributed by atoms with E-state index in [9.17, 15) is 4.39 Å². The van der Waals surface area contributed by atoms with Crippen LogP contribution in [0.2, 0.25) is 5.15 Å². The predicted molar refractivity (Wildman–Crippen MR) is 72.1 cm³/mol. The van der Waals surface area contributed by atoms with Gasteiger partial charge in [-0.2, -0.15) is 0 Å². The van der Waals surface area contributed by atoms with Gasteiger partial charge in [0.1, 0.15) is 23.4 Å². The molecule has 0 fully saturated rings. The number of nitrogens with one attached hydrogen (secondary N) is 1. The van der Waals surface area contributed by atoms with Crippen LogP contribution in [-0.2, 0) is 11.3 Å². The molecule has 0 saturated carbocycles. The molecule has 1 aromatic carbocycles. The molecule has 6 heteroatoms. The highest BCUT2D eigenvalue weighted by Crippen LogP contribution is 2.18. The van der Waals surface area contributed by atoms with Crippen molar-refractivity contribution in [1.29, 1.82) is 0 Å². The summed E-state index contributed by atoms with van der Waals surface area (Å²) in [7, 11) is 0. The Morgan fingerprint density at radius 3 is 2.89 bits per heavy atom. The Kier molecular flexibility index (Phi) is 4.65. The highest BCUT2D eigenvalue weighted by molar-refractivity contribution is 6.29. The van der Waals surface area contributed by atoms with Crippen LogP contribution in [0.1, 0.15) is 12.7 Å². The Morgan fingerprint density at radius 1 is 1.32 bits per heavy atom. The molecule has 0 amide bonds. The van der Waals surface area contributed by atoms with Crippen molar-refractivity contribution >= 4 is 23.1 Å². The van der Waals surface area contributed by atoms with Crippen molar-refractivity contribution in [3.63, 3.8) is 0 Å². The Morgan fingerprint density at radius 2 is 2.16 bits per heavy atom. The Bertz CT molecular complexity index is 565. The van der Waals surface area contributed by atoms with Crippen molar-refractivity contribution in [2.45, 2.75) is 13.5 Å². The van der Waals surface area contributed by atoms with Crippen LogP contribution in [0.4, 0.5) is 15.9 Å². The van der Waals surface area contributed by atoms with E-state index in [1.165, 1.54) is 12.1 Å². The molecule has 19 heavy (non-hydrogen) atoms. The zero-order valence-corrected chi connectivity index (χ0v) is 11.1. The van der Waals surface area contributed by atoms with Crippen LogP contribution < -0.4 is 5.32 Å². The van der Waals surface area contributed by atoms with E-state index in [0.717, 1.165) is 0 Å². The fourth-order valence-corrected chi connectivity index (χ4v) is 1.70. The summed E-state index contributed by atoms with van der Waals surface area (Å²) < 4.78 is 18.3. The minimum absolute atomic E-state index is 0.287. The largest absolute Gasteiger partial charge is 0.374 e. The monoisotopic (exact) mass is 281 g/mol. The molecule has 100 valence electrons. The van der Waals surface area contributed by atoms with Crippen molar-refractivity contribution in [1.82, 2.24) is 9.97 Å². The topological polar surface area (TPSA) is 47.0 Å². The second-order valence-electron chi connectivity index (χ2n) is 3.76. The molecule has 0 bridgehead atoms. The lowest BCUT2D eigenvalue weighted by Gasteiger charge is -2.08. The summed E-state index contributed by atoms with van der Waals surface area (Å²) in [5.41, 5.74) is 0.595. The summed E-state index contributed by atoms with van der Waals surface area (Å²) >= 11 is 5.91. The number of halogens is 2. The van der Waals surface area contributed by atoms with Gasteiger partial charge in [0.05, 0.1) is 0 Å². The lowest BCUT2D eigenvalue weighted by atomic mass is 10.3. The van der Waals surface area contributed by atoms with Gasteiger partial charge in [-0.1, -0.05) is 17.7 Å². The molecule has 0 aliphatic carbocycles. The third kappa shape index (κ3) is 4.15. The van der Waals surface area contributed by atoms with Crippen LogP contribution in [-0.4, -0.2) is 16.6 Å². The second-order valence-corrected chi connectivity index (χ2v) is 4.15. The normalized spacial score (nSPS) is 10.5. The number of hydrogen-bond acceptors (Lipinski definition) is 4. The predicted octanol–water partition coefficient (Wildman–Crippen LogP) is 3.55. The van der Waals surface area contributed by atoms with Crippen LogP contribution in [0.5, 0.6) is 0 Å². The molecule has 0 saturated heterocycles. The summed E-state index contributed by atoms with van der Waals surface area (Å²) in [5, 5.41) is 3.28. The fourth-order valence-electron chi connectivity index (χ4n) is 1.50. The summed E-state index contributed by atoms with van der Waals surface area (Å²) in [6, 6.07) is 7.67. The zero-order valence-electron chi connectivity index (χ0n) is 10.4. The molecule has 1 heterocycles. The van der Waals surface area contributed by atoms with Crippen molar-refractivity contribution in [3.8, 4) is 0 Å². The van der Waals surface area contributed by atoms with Gasteiger partial charge in [-0.15, -0.1) is 0 Å². The van der Waals surface area contributed by atoms with Gasteiger partial charge in [-0.3, -0.25) is 0 Å². The highest BCUT2D eigenvalue weighted by Gasteiger charge is 2.04. The number of nitrogens with zero attached hydrogens (tertiary/aromatic N) is 2. The average molecular weight is 282 g/mol. The van der Waals surface area contributed by atoms with Crippen LogP contribution >= 0.6 is 11.6 Å². The molecule has 0 aliphatic rings. The fraction of sp³-hybridized carbons (Fsp3) is 0.231. The van der Waals surface area contributed by atoms with Crippen molar-refractivity contribution in [3.05, 3.63) is 47.1 Å². The standard InChI is InChI=1S/C13H13ClFN3O/c1-2-19-8-13-17-11(14)7-12(18-13)16-10-5-3-4-9(15)6-10/h3-7H,2,8H2,1H3,(H,16,17,18).